The van der Waals surface area contributed by atoms with Crippen LogP contribution in [-0.4, -0.2) is 34.7 Å². The van der Waals surface area contributed by atoms with Crippen LogP contribution in [0.3, 0.4) is 0 Å². The van der Waals surface area contributed by atoms with Gasteiger partial charge < -0.3 is 15.0 Å². The third-order valence-electron chi connectivity index (χ3n) is 4.29. The summed E-state index contributed by atoms with van der Waals surface area (Å²) >= 11 is 3.43. The van der Waals surface area contributed by atoms with Crippen molar-refractivity contribution in [3.05, 3.63) is 46.7 Å². The summed E-state index contributed by atoms with van der Waals surface area (Å²) in [6.45, 7) is 1.98. The highest BCUT2D eigenvalue weighted by Crippen LogP contribution is 2.19. The Balaban J connectivity index is 1.64. The van der Waals surface area contributed by atoms with E-state index in [0.29, 0.717) is 25.7 Å². The first kappa shape index (κ1) is 17.1. The number of carbonyl (C=O) groups is 1. The zero-order valence-corrected chi connectivity index (χ0v) is 14.9. The number of halogens is 1. The van der Waals surface area contributed by atoms with E-state index in [1.54, 1.807) is 6.20 Å². The van der Waals surface area contributed by atoms with Crippen LogP contribution in [0.15, 0.2) is 41.1 Å². The van der Waals surface area contributed by atoms with Gasteiger partial charge in [0.05, 0.1) is 12.6 Å². The highest BCUT2D eigenvalue weighted by Gasteiger charge is 2.27. The molecule has 128 valence electrons. The maximum Gasteiger partial charge on any atom is 0.243 e. The molecular weight excluding hydrogens is 372 g/mol. The van der Waals surface area contributed by atoms with E-state index in [1.807, 2.05) is 35.0 Å². The SMILES string of the molecule is NC(C(=O)Nc1nccn1Cc1ccc(Br)cc1)C1CCOCC1. The second kappa shape index (κ2) is 7.92. The summed E-state index contributed by atoms with van der Waals surface area (Å²) in [6, 6.07) is 7.51. The van der Waals surface area contributed by atoms with Crippen molar-refractivity contribution in [1.29, 1.82) is 0 Å². The van der Waals surface area contributed by atoms with Crippen LogP contribution in [0, 0.1) is 5.92 Å². The molecule has 1 fully saturated rings. The number of rotatable bonds is 5. The molecule has 1 atom stereocenters. The summed E-state index contributed by atoms with van der Waals surface area (Å²) in [7, 11) is 0. The van der Waals surface area contributed by atoms with E-state index in [4.69, 9.17) is 10.5 Å². The van der Waals surface area contributed by atoms with E-state index in [9.17, 15) is 4.79 Å². The fraction of sp³-hybridized carbons (Fsp3) is 0.412. The molecule has 24 heavy (non-hydrogen) atoms. The monoisotopic (exact) mass is 392 g/mol. The molecule has 1 saturated heterocycles. The summed E-state index contributed by atoms with van der Waals surface area (Å²) in [5, 5.41) is 2.86. The topological polar surface area (TPSA) is 82.2 Å². The van der Waals surface area contributed by atoms with E-state index < -0.39 is 6.04 Å². The van der Waals surface area contributed by atoms with Gasteiger partial charge in [0.25, 0.3) is 0 Å². The van der Waals surface area contributed by atoms with Gasteiger partial charge in [-0.3, -0.25) is 10.1 Å². The minimum Gasteiger partial charge on any atom is -0.381 e. The second-order valence-corrected chi connectivity index (χ2v) is 6.89. The van der Waals surface area contributed by atoms with Crippen LogP contribution >= 0.6 is 15.9 Å². The average molecular weight is 393 g/mol. The Kier molecular flexibility index (Phi) is 5.65. The summed E-state index contributed by atoms with van der Waals surface area (Å²) in [5.41, 5.74) is 7.24. The van der Waals surface area contributed by atoms with E-state index in [-0.39, 0.29) is 11.8 Å². The zero-order chi connectivity index (χ0) is 16.9. The van der Waals surface area contributed by atoms with Gasteiger partial charge in [-0.25, -0.2) is 4.98 Å². The smallest absolute Gasteiger partial charge is 0.243 e. The van der Waals surface area contributed by atoms with Gasteiger partial charge in [0.2, 0.25) is 11.9 Å². The number of imidazole rings is 1. The molecule has 7 heteroatoms. The van der Waals surface area contributed by atoms with Crippen LogP contribution < -0.4 is 11.1 Å². The quantitative estimate of drug-likeness (QED) is 0.817. The maximum absolute atomic E-state index is 12.4. The minimum absolute atomic E-state index is 0.161. The van der Waals surface area contributed by atoms with Crippen molar-refractivity contribution in [1.82, 2.24) is 9.55 Å². The van der Waals surface area contributed by atoms with Crippen LogP contribution in [0.4, 0.5) is 5.95 Å². The van der Waals surface area contributed by atoms with Crippen molar-refractivity contribution in [3.8, 4) is 0 Å². The van der Waals surface area contributed by atoms with Gasteiger partial charge in [-0.05, 0) is 36.5 Å². The molecule has 1 aromatic heterocycles. The molecular formula is C17H21BrN4O2. The Morgan fingerprint density at radius 1 is 1.38 bits per heavy atom. The number of amides is 1. The number of benzene rings is 1. The largest absolute Gasteiger partial charge is 0.381 e. The number of anilines is 1. The molecule has 1 aliphatic heterocycles. The van der Waals surface area contributed by atoms with Crippen LogP contribution in [0.5, 0.6) is 0 Å². The number of ether oxygens (including phenoxy) is 1. The first-order valence-corrected chi connectivity index (χ1v) is 8.82. The lowest BCUT2D eigenvalue weighted by atomic mass is 9.92. The van der Waals surface area contributed by atoms with Crippen molar-refractivity contribution in [2.24, 2.45) is 11.7 Å². The summed E-state index contributed by atoms with van der Waals surface area (Å²) in [5.74, 6) is 0.490. The predicted octanol–water partition coefficient (Wildman–Crippen LogP) is 2.39. The Morgan fingerprint density at radius 2 is 2.08 bits per heavy atom. The molecule has 0 saturated carbocycles. The molecule has 0 radical (unpaired) electrons. The average Bonchev–Trinajstić information content (AvgIpc) is 3.03. The molecule has 0 spiro atoms. The van der Waals surface area contributed by atoms with Gasteiger partial charge in [0.15, 0.2) is 0 Å². The Hall–Kier alpha value is -1.70. The number of aromatic nitrogens is 2. The molecule has 6 nitrogen and oxygen atoms in total. The van der Waals surface area contributed by atoms with Crippen LogP contribution in [0.2, 0.25) is 0 Å². The van der Waals surface area contributed by atoms with Gasteiger partial charge in [0.1, 0.15) is 0 Å². The van der Waals surface area contributed by atoms with Crippen molar-refractivity contribution in [2.45, 2.75) is 25.4 Å². The van der Waals surface area contributed by atoms with Gasteiger partial charge in [-0.15, -0.1) is 0 Å². The van der Waals surface area contributed by atoms with Crippen molar-refractivity contribution in [3.63, 3.8) is 0 Å². The summed E-state index contributed by atoms with van der Waals surface area (Å²) < 4.78 is 8.26. The number of nitrogens with one attached hydrogen (secondary N) is 1. The molecule has 3 rings (SSSR count). The van der Waals surface area contributed by atoms with E-state index in [2.05, 4.69) is 26.2 Å². The Morgan fingerprint density at radius 3 is 2.79 bits per heavy atom. The fourth-order valence-electron chi connectivity index (χ4n) is 2.83. The predicted molar refractivity (Wildman–Crippen MR) is 95.6 cm³/mol. The fourth-order valence-corrected chi connectivity index (χ4v) is 3.09. The van der Waals surface area contributed by atoms with Gasteiger partial charge in [-0.1, -0.05) is 28.1 Å². The normalized spacial score (nSPS) is 16.8. The Labute approximate surface area is 149 Å². The van der Waals surface area contributed by atoms with Gasteiger partial charge in [-0.2, -0.15) is 0 Å². The molecule has 0 bridgehead atoms. The van der Waals surface area contributed by atoms with Gasteiger partial charge in [0, 0.05) is 30.1 Å². The molecule has 3 N–H and O–H groups in total. The standard InChI is InChI=1S/C17H21BrN4O2/c18-14-3-1-12(2-4-14)11-22-8-7-20-17(22)21-16(23)15(19)13-5-9-24-10-6-13/h1-4,7-8,13,15H,5-6,9-11,19H2,(H,20,21,23). The van der Waals surface area contributed by atoms with Crippen molar-refractivity contribution >= 4 is 27.8 Å². The lowest BCUT2D eigenvalue weighted by molar-refractivity contribution is -0.119. The van der Waals surface area contributed by atoms with E-state index in [1.165, 1.54) is 0 Å². The third-order valence-corrected chi connectivity index (χ3v) is 4.82. The highest BCUT2D eigenvalue weighted by molar-refractivity contribution is 9.10. The third kappa shape index (κ3) is 4.23. The van der Waals surface area contributed by atoms with E-state index >= 15 is 0 Å². The molecule has 0 aliphatic carbocycles. The molecule has 2 aromatic rings. The van der Waals surface area contributed by atoms with Crippen LogP contribution in [0.25, 0.3) is 0 Å². The minimum atomic E-state index is -0.535. The summed E-state index contributed by atoms with van der Waals surface area (Å²) in [4.78, 5) is 16.7. The summed E-state index contributed by atoms with van der Waals surface area (Å²) in [6.07, 6.45) is 5.16. The number of nitrogens with zero attached hydrogens (tertiary/aromatic N) is 2. The Bertz CT molecular complexity index is 680. The first-order valence-electron chi connectivity index (χ1n) is 8.03. The second-order valence-electron chi connectivity index (χ2n) is 5.97. The maximum atomic E-state index is 12.4. The first-order chi connectivity index (χ1) is 11.6. The zero-order valence-electron chi connectivity index (χ0n) is 13.3. The number of nitrogens with two attached hydrogens (primary N) is 1. The van der Waals surface area contributed by atoms with Gasteiger partial charge >= 0.3 is 0 Å². The molecule has 1 aromatic carbocycles. The molecule has 2 heterocycles. The van der Waals surface area contributed by atoms with Crippen LogP contribution in [-0.2, 0) is 16.1 Å². The molecule has 1 amide bonds. The molecule has 1 aliphatic rings. The van der Waals surface area contributed by atoms with Crippen molar-refractivity contribution in [2.75, 3.05) is 18.5 Å². The lowest BCUT2D eigenvalue weighted by Crippen LogP contribution is -2.44. The molecule has 1 unspecified atom stereocenters. The van der Waals surface area contributed by atoms with Crippen LogP contribution in [0.1, 0.15) is 18.4 Å². The number of hydrogen-bond donors (Lipinski definition) is 2. The number of hydrogen-bond acceptors (Lipinski definition) is 4. The lowest BCUT2D eigenvalue weighted by Gasteiger charge is -2.26. The highest BCUT2D eigenvalue weighted by atomic mass is 79.9. The number of carbonyl (C=O) groups excluding carboxylic acids is 1. The van der Waals surface area contributed by atoms with Crippen molar-refractivity contribution < 1.29 is 9.53 Å². The van der Waals surface area contributed by atoms with E-state index in [0.717, 1.165) is 22.9 Å².